The van der Waals surface area contributed by atoms with Gasteiger partial charge < -0.3 is 5.32 Å². The molecule has 4 heteroatoms. The second-order valence-electron chi connectivity index (χ2n) is 4.14. The minimum Gasteiger partial charge on any atom is -0.384 e. The smallest absolute Gasteiger partial charge is 0.246 e. The Balaban J connectivity index is 2.04. The van der Waals surface area contributed by atoms with Crippen LogP contribution in [0.15, 0.2) is 24.3 Å². The van der Waals surface area contributed by atoms with Gasteiger partial charge in [0, 0.05) is 31.1 Å². The van der Waals surface area contributed by atoms with Gasteiger partial charge in [-0.15, -0.1) is 0 Å². The van der Waals surface area contributed by atoms with Crippen LogP contribution in [0.1, 0.15) is 24.8 Å². The molecule has 0 fully saturated rings. The summed E-state index contributed by atoms with van der Waals surface area (Å²) in [5.41, 5.74) is 2.37. The van der Waals surface area contributed by atoms with E-state index in [9.17, 15) is 4.79 Å². The Morgan fingerprint density at radius 2 is 2.29 bits per heavy atom. The first-order chi connectivity index (χ1) is 8.26. The van der Waals surface area contributed by atoms with Crippen molar-refractivity contribution in [1.29, 1.82) is 0 Å². The molecule has 0 saturated heterocycles. The standard InChI is InChI=1S/C13H18N2O2/c1-3-15(17-2)13(16)8-10-9-14-12-7-5-4-6-11(10)12/h4-7,10,14H,3,8-9H2,1-2H3. The quantitative estimate of drug-likeness (QED) is 0.810. The molecule has 1 aromatic carbocycles. The molecular formula is C13H18N2O2. The number of hydrogen-bond donors (Lipinski definition) is 1. The molecule has 1 aromatic rings. The summed E-state index contributed by atoms with van der Waals surface area (Å²) in [4.78, 5) is 17.0. The van der Waals surface area contributed by atoms with Crippen molar-refractivity contribution in [2.45, 2.75) is 19.3 Å². The number of amides is 1. The Kier molecular flexibility index (Phi) is 3.64. The predicted molar refractivity (Wildman–Crippen MR) is 66.7 cm³/mol. The van der Waals surface area contributed by atoms with Crippen LogP contribution in [0.3, 0.4) is 0 Å². The van der Waals surface area contributed by atoms with Crippen molar-refractivity contribution in [1.82, 2.24) is 5.06 Å². The molecule has 2 rings (SSSR count). The minimum absolute atomic E-state index is 0.0403. The number of para-hydroxylation sites is 1. The maximum absolute atomic E-state index is 11.9. The third kappa shape index (κ3) is 2.42. The van der Waals surface area contributed by atoms with Crippen LogP contribution in [0.5, 0.6) is 0 Å². The fourth-order valence-corrected chi connectivity index (χ4v) is 2.26. The molecule has 4 nitrogen and oxygen atoms in total. The summed E-state index contributed by atoms with van der Waals surface area (Å²) < 4.78 is 0. The molecule has 0 aliphatic carbocycles. The molecule has 1 aliphatic heterocycles. The monoisotopic (exact) mass is 234 g/mol. The summed E-state index contributed by atoms with van der Waals surface area (Å²) >= 11 is 0. The van der Waals surface area contributed by atoms with Crippen molar-refractivity contribution >= 4 is 11.6 Å². The Morgan fingerprint density at radius 3 is 3.00 bits per heavy atom. The molecule has 1 N–H and O–H groups in total. The molecule has 0 spiro atoms. The SMILES string of the molecule is CCN(OC)C(=O)CC1CNc2ccccc21. The Bertz CT molecular complexity index is 402. The van der Waals surface area contributed by atoms with Gasteiger partial charge in [0.1, 0.15) is 0 Å². The van der Waals surface area contributed by atoms with E-state index < -0.39 is 0 Å². The van der Waals surface area contributed by atoms with Gasteiger partial charge in [0.15, 0.2) is 0 Å². The highest BCUT2D eigenvalue weighted by Gasteiger charge is 2.25. The van der Waals surface area contributed by atoms with Gasteiger partial charge in [0.05, 0.1) is 7.11 Å². The lowest BCUT2D eigenvalue weighted by Crippen LogP contribution is -2.31. The van der Waals surface area contributed by atoms with Gasteiger partial charge in [-0.2, -0.15) is 0 Å². The first-order valence-corrected chi connectivity index (χ1v) is 5.93. The molecule has 17 heavy (non-hydrogen) atoms. The van der Waals surface area contributed by atoms with E-state index in [1.54, 1.807) is 0 Å². The second-order valence-corrected chi connectivity index (χ2v) is 4.14. The average Bonchev–Trinajstić information content (AvgIpc) is 2.74. The first kappa shape index (κ1) is 11.9. The molecule has 0 saturated carbocycles. The highest BCUT2D eigenvalue weighted by Crippen LogP contribution is 2.33. The molecule has 1 amide bonds. The molecular weight excluding hydrogens is 216 g/mol. The number of nitrogens with one attached hydrogen (secondary N) is 1. The van der Waals surface area contributed by atoms with E-state index >= 15 is 0 Å². The number of fused-ring (bicyclic) bond motifs is 1. The van der Waals surface area contributed by atoms with Crippen molar-refractivity contribution in [3.8, 4) is 0 Å². The molecule has 0 radical (unpaired) electrons. The maximum atomic E-state index is 11.9. The van der Waals surface area contributed by atoms with Crippen molar-refractivity contribution < 1.29 is 9.63 Å². The molecule has 1 atom stereocenters. The van der Waals surface area contributed by atoms with Crippen LogP contribution in [0.2, 0.25) is 0 Å². The van der Waals surface area contributed by atoms with Gasteiger partial charge in [-0.1, -0.05) is 18.2 Å². The fourth-order valence-electron chi connectivity index (χ4n) is 2.26. The van der Waals surface area contributed by atoms with Crippen LogP contribution in [0, 0.1) is 0 Å². The summed E-state index contributed by atoms with van der Waals surface area (Å²) in [5, 5.41) is 4.72. The van der Waals surface area contributed by atoms with E-state index in [1.165, 1.54) is 17.7 Å². The number of anilines is 1. The summed E-state index contributed by atoms with van der Waals surface area (Å²) in [7, 11) is 1.53. The van der Waals surface area contributed by atoms with E-state index in [4.69, 9.17) is 4.84 Å². The Hall–Kier alpha value is -1.55. The largest absolute Gasteiger partial charge is 0.384 e. The average molecular weight is 234 g/mol. The van der Waals surface area contributed by atoms with E-state index in [1.807, 2.05) is 25.1 Å². The minimum atomic E-state index is 0.0403. The van der Waals surface area contributed by atoms with Gasteiger partial charge in [-0.05, 0) is 18.6 Å². The lowest BCUT2D eigenvalue weighted by atomic mass is 9.97. The fraction of sp³-hybridized carbons (Fsp3) is 0.462. The summed E-state index contributed by atoms with van der Waals surface area (Å²) in [6.07, 6.45) is 0.492. The molecule has 92 valence electrons. The van der Waals surface area contributed by atoms with E-state index in [2.05, 4.69) is 11.4 Å². The zero-order valence-electron chi connectivity index (χ0n) is 10.3. The number of benzene rings is 1. The predicted octanol–water partition coefficient (Wildman–Crippen LogP) is 2.00. The number of hydrogen-bond acceptors (Lipinski definition) is 3. The van der Waals surface area contributed by atoms with Gasteiger partial charge in [-0.3, -0.25) is 9.63 Å². The van der Waals surface area contributed by atoms with E-state index in [0.717, 1.165) is 12.2 Å². The van der Waals surface area contributed by atoms with E-state index in [0.29, 0.717) is 13.0 Å². The zero-order valence-corrected chi connectivity index (χ0v) is 10.3. The van der Waals surface area contributed by atoms with Crippen molar-refractivity contribution in [3.05, 3.63) is 29.8 Å². The van der Waals surface area contributed by atoms with Crippen LogP contribution in [-0.4, -0.2) is 31.2 Å². The van der Waals surface area contributed by atoms with Gasteiger partial charge in [0.2, 0.25) is 5.91 Å². The molecule has 1 heterocycles. The third-order valence-corrected chi connectivity index (χ3v) is 3.15. The Labute approximate surface area is 102 Å². The van der Waals surface area contributed by atoms with Crippen LogP contribution in [-0.2, 0) is 9.63 Å². The lowest BCUT2D eigenvalue weighted by Gasteiger charge is -2.19. The second kappa shape index (κ2) is 5.19. The van der Waals surface area contributed by atoms with Crippen LogP contribution >= 0.6 is 0 Å². The third-order valence-electron chi connectivity index (χ3n) is 3.15. The lowest BCUT2D eigenvalue weighted by molar-refractivity contribution is -0.175. The molecule has 1 unspecified atom stereocenters. The van der Waals surface area contributed by atoms with Crippen molar-refractivity contribution in [3.63, 3.8) is 0 Å². The molecule has 1 aliphatic rings. The highest BCUT2D eigenvalue weighted by molar-refractivity contribution is 5.77. The Morgan fingerprint density at radius 1 is 1.53 bits per heavy atom. The number of nitrogens with zero attached hydrogens (tertiary/aromatic N) is 1. The van der Waals surface area contributed by atoms with Crippen LogP contribution < -0.4 is 5.32 Å². The first-order valence-electron chi connectivity index (χ1n) is 5.93. The molecule has 0 bridgehead atoms. The highest BCUT2D eigenvalue weighted by atomic mass is 16.7. The number of carbonyl (C=O) groups excluding carboxylic acids is 1. The molecule has 0 aromatic heterocycles. The zero-order chi connectivity index (χ0) is 12.3. The number of rotatable bonds is 4. The topological polar surface area (TPSA) is 41.6 Å². The van der Waals surface area contributed by atoms with E-state index in [-0.39, 0.29) is 11.8 Å². The summed E-state index contributed by atoms with van der Waals surface area (Å²) in [6, 6.07) is 8.14. The van der Waals surface area contributed by atoms with Crippen LogP contribution in [0.25, 0.3) is 0 Å². The maximum Gasteiger partial charge on any atom is 0.246 e. The number of carbonyl (C=O) groups is 1. The number of hydroxylamine groups is 2. The van der Waals surface area contributed by atoms with Crippen molar-refractivity contribution in [2.24, 2.45) is 0 Å². The van der Waals surface area contributed by atoms with Crippen molar-refractivity contribution in [2.75, 3.05) is 25.5 Å². The summed E-state index contributed by atoms with van der Waals surface area (Å²) in [6.45, 7) is 3.31. The van der Waals surface area contributed by atoms with Gasteiger partial charge >= 0.3 is 0 Å². The van der Waals surface area contributed by atoms with Gasteiger partial charge in [0.25, 0.3) is 0 Å². The van der Waals surface area contributed by atoms with Gasteiger partial charge in [-0.25, -0.2) is 5.06 Å². The normalized spacial score (nSPS) is 17.4. The van der Waals surface area contributed by atoms with Crippen LogP contribution in [0.4, 0.5) is 5.69 Å². The summed E-state index contributed by atoms with van der Waals surface area (Å²) in [5.74, 6) is 0.293.